The Bertz CT molecular complexity index is 432. The van der Waals surface area contributed by atoms with Gasteiger partial charge in [-0.25, -0.2) is 8.42 Å². The van der Waals surface area contributed by atoms with Crippen molar-refractivity contribution in [3.8, 4) is 0 Å². The van der Waals surface area contributed by atoms with Crippen molar-refractivity contribution in [2.75, 3.05) is 5.75 Å². The van der Waals surface area contributed by atoms with Gasteiger partial charge in [0.05, 0.1) is 10.6 Å². The van der Waals surface area contributed by atoms with Crippen molar-refractivity contribution >= 4 is 16.1 Å². The van der Waals surface area contributed by atoms with Crippen LogP contribution in [-0.2, 0) is 21.1 Å². The molecule has 1 rings (SSSR count). The molecular weight excluding hydrogens is 224 g/mol. The molecule has 0 saturated carbocycles. The lowest BCUT2D eigenvalue weighted by Gasteiger charge is -2.03. The van der Waals surface area contributed by atoms with Crippen molar-refractivity contribution in [1.29, 1.82) is 0 Å². The fourth-order valence-electron chi connectivity index (χ4n) is 1.42. The van der Waals surface area contributed by atoms with Crippen molar-refractivity contribution in [2.45, 2.75) is 31.1 Å². The molecule has 0 spiro atoms. The predicted molar refractivity (Wildman–Crippen MR) is 63.2 cm³/mol. The Balaban J connectivity index is 2.72. The lowest BCUT2D eigenvalue weighted by molar-refractivity contribution is -0.107. The highest BCUT2D eigenvalue weighted by Crippen LogP contribution is 2.13. The van der Waals surface area contributed by atoms with Crippen LogP contribution < -0.4 is 0 Å². The van der Waals surface area contributed by atoms with Crippen molar-refractivity contribution in [3.63, 3.8) is 0 Å². The topological polar surface area (TPSA) is 51.2 Å². The van der Waals surface area contributed by atoms with Crippen LogP contribution >= 0.6 is 0 Å². The third-order valence-corrected chi connectivity index (χ3v) is 4.20. The molecule has 0 unspecified atom stereocenters. The fraction of sp³-hybridized carbons (Fsp3) is 0.417. The first kappa shape index (κ1) is 12.9. The number of carbonyl (C=O) groups is 1. The molecule has 0 amide bonds. The molecule has 0 N–H and O–H groups in total. The lowest BCUT2D eigenvalue weighted by atomic mass is 10.1. The summed E-state index contributed by atoms with van der Waals surface area (Å²) in [6.07, 6.45) is 3.07. The summed E-state index contributed by atoms with van der Waals surface area (Å²) in [5.74, 6) is 0.123. The molecule has 0 fully saturated rings. The first-order valence-corrected chi connectivity index (χ1v) is 7.00. The van der Waals surface area contributed by atoms with Crippen LogP contribution in [0.5, 0.6) is 0 Å². The van der Waals surface area contributed by atoms with E-state index in [-0.39, 0.29) is 5.75 Å². The molecule has 0 aliphatic heterocycles. The van der Waals surface area contributed by atoms with Crippen LogP contribution in [0.25, 0.3) is 0 Å². The molecule has 1 aromatic rings. The summed E-state index contributed by atoms with van der Waals surface area (Å²) in [6.45, 7) is 1.63. The van der Waals surface area contributed by atoms with Gasteiger partial charge in [-0.05, 0) is 30.5 Å². The summed E-state index contributed by atoms with van der Waals surface area (Å²) in [5, 5.41) is 0. The zero-order chi connectivity index (χ0) is 12.0. The van der Waals surface area contributed by atoms with E-state index in [9.17, 15) is 13.2 Å². The van der Waals surface area contributed by atoms with E-state index >= 15 is 0 Å². The Morgan fingerprint density at radius 1 is 1.19 bits per heavy atom. The summed E-state index contributed by atoms with van der Waals surface area (Å²) in [6, 6.07) is 6.89. The molecular formula is C12H16O3S. The average molecular weight is 240 g/mol. The van der Waals surface area contributed by atoms with Gasteiger partial charge < -0.3 is 4.79 Å². The molecule has 0 bridgehead atoms. The molecule has 1 aromatic carbocycles. The molecule has 0 saturated heterocycles. The smallest absolute Gasteiger partial charge is 0.178 e. The molecule has 0 aromatic heterocycles. The van der Waals surface area contributed by atoms with Gasteiger partial charge in [0.2, 0.25) is 0 Å². The molecule has 16 heavy (non-hydrogen) atoms. The SMILES string of the molecule is CCS(=O)(=O)c1ccc(CCCC=O)cc1. The maximum absolute atomic E-state index is 11.5. The minimum atomic E-state index is -3.10. The van der Waals surface area contributed by atoms with Gasteiger partial charge in [0.1, 0.15) is 6.29 Å². The number of rotatable bonds is 6. The molecule has 0 atom stereocenters. The van der Waals surface area contributed by atoms with Gasteiger partial charge in [0.25, 0.3) is 0 Å². The van der Waals surface area contributed by atoms with Crippen molar-refractivity contribution in [2.24, 2.45) is 0 Å². The Morgan fingerprint density at radius 2 is 1.81 bits per heavy atom. The number of hydrogen-bond donors (Lipinski definition) is 0. The number of unbranched alkanes of at least 4 members (excludes halogenated alkanes) is 1. The minimum absolute atomic E-state index is 0.123. The number of benzene rings is 1. The minimum Gasteiger partial charge on any atom is -0.303 e. The lowest BCUT2D eigenvalue weighted by Crippen LogP contribution is -2.03. The van der Waals surface area contributed by atoms with Crippen LogP contribution in [0.2, 0.25) is 0 Å². The second-order valence-corrected chi connectivity index (χ2v) is 5.88. The molecule has 4 heteroatoms. The van der Waals surface area contributed by atoms with Crippen molar-refractivity contribution in [1.82, 2.24) is 0 Å². The van der Waals surface area contributed by atoms with Crippen LogP contribution in [0.4, 0.5) is 0 Å². The van der Waals surface area contributed by atoms with Gasteiger partial charge in [-0.1, -0.05) is 19.1 Å². The monoisotopic (exact) mass is 240 g/mol. The second kappa shape index (κ2) is 5.80. The summed E-state index contributed by atoms with van der Waals surface area (Å²) >= 11 is 0. The molecule has 0 aliphatic rings. The number of aryl methyl sites for hydroxylation is 1. The van der Waals surface area contributed by atoms with Crippen LogP contribution in [0.3, 0.4) is 0 Å². The average Bonchev–Trinajstić information content (AvgIpc) is 2.30. The fourth-order valence-corrected chi connectivity index (χ4v) is 2.30. The highest BCUT2D eigenvalue weighted by molar-refractivity contribution is 7.91. The maximum atomic E-state index is 11.5. The Labute approximate surface area is 96.4 Å². The van der Waals surface area contributed by atoms with E-state index in [0.717, 1.165) is 24.7 Å². The van der Waals surface area contributed by atoms with Crippen LogP contribution in [0.15, 0.2) is 29.2 Å². The van der Waals surface area contributed by atoms with E-state index in [1.807, 2.05) is 12.1 Å². The number of carbonyl (C=O) groups excluding carboxylic acids is 1. The van der Waals surface area contributed by atoms with E-state index in [4.69, 9.17) is 0 Å². The van der Waals surface area contributed by atoms with Crippen LogP contribution in [0.1, 0.15) is 25.3 Å². The van der Waals surface area contributed by atoms with Gasteiger partial charge in [-0.15, -0.1) is 0 Å². The van der Waals surface area contributed by atoms with Gasteiger partial charge in [-0.2, -0.15) is 0 Å². The van der Waals surface area contributed by atoms with E-state index in [0.29, 0.717) is 11.3 Å². The number of aldehydes is 1. The largest absolute Gasteiger partial charge is 0.303 e. The third-order valence-electron chi connectivity index (χ3n) is 2.45. The Kier molecular flexibility index (Phi) is 4.68. The standard InChI is InChI=1S/C12H16O3S/c1-2-16(14,15)12-8-6-11(7-9-12)5-3-4-10-13/h6-10H,2-5H2,1H3. The Morgan fingerprint density at radius 3 is 2.31 bits per heavy atom. The van der Waals surface area contributed by atoms with Gasteiger partial charge in [0, 0.05) is 6.42 Å². The highest BCUT2D eigenvalue weighted by atomic mass is 32.2. The zero-order valence-electron chi connectivity index (χ0n) is 9.35. The van der Waals surface area contributed by atoms with Crippen molar-refractivity contribution in [3.05, 3.63) is 29.8 Å². The zero-order valence-corrected chi connectivity index (χ0v) is 10.2. The number of sulfone groups is 1. The third kappa shape index (κ3) is 3.45. The van der Waals surface area contributed by atoms with Gasteiger partial charge >= 0.3 is 0 Å². The van der Waals surface area contributed by atoms with Crippen LogP contribution in [-0.4, -0.2) is 20.5 Å². The van der Waals surface area contributed by atoms with Crippen molar-refractivity contribution < 1.29 is 13.2 Å². The van der Waals surface area contributed by atoms with Crippen LogP contribution in [0, 0.1) is 0 Å². The number of hydrogen-bond acceptors (Lipinski definition) is 3. The summed E-state index contributed by atoms with van der Waals surface area (Å²) in [4.78, 5) is 10.5. The Hall–Kier alpha value is -1.16. The summed E-state index contributed by atoms with van der Waals surface area (Å²) in [7, 11) is -3.10. The van der Waals surface area contributed by atoms with E-state index in [2.05, 4.69) is 0 Å². The quantitative estimate of drug-likeness (QED) is 0.564. The van der Waals surface area contributed by atoms with Gasteiger partial charge in [-0.3, -0.25) is 0 Å². The molecule has 0 aliphatic carbocycles. The second-order valence-electron chi connectivity index (χ2n) is 3.61. The predicted octanol–water partition coefficient (Wildman–Crippen LogP) is 2.00. The normalized spacial score (nSPS) is 11.3. The summed E-state index contributed by atoms with van der Waals surface area (Å²) < 4.78 is 23.1. The molecule has 0 radical (unpaired) electrons. The maximum Gasteiger partial charge on any atom is 0.178 e. The van der Waals surface area contributed by atoms with Gasteiger partial charge in [0.15, 0.2) is 9.84 Å². The highest BCUT2D eigenvalue weighted by Gasteiger charge is 2.10. The molecule has 3 nitrogen and oxygen atoms in total. The van der Waals surface area contributed by atoms with E-state index in [1.165, 1.54) is 0 Å². The first-order valence-electron chi connectivity index (χ1n) is 5.35. The molecule has 88 valence electrons. The van der Waals surface area contributed by atoms with E-state index < -0.39 is 9.84 Å². The molecule has 0 heterocycles. The van der Waals surface area contributed by atoms with E-state index in [1.54, 1.807) is 19.1 Å². The summed E-state index contributed by atoms with van der Waals surface area (Å²) in [5.41, 5.74) is 1.07. The first-order chi connectivity index (χ1) is 7.60.